The molecule has 6 rings (SSSR count). The largest absolute Gasteiger partial charge is 0.455 e. The lowest BCUT2D eigenvalue weighted by Gasteiger charge is -2.25. The minimum absolute atomic E-state index is 0.0230. The number of aryl methyl sites for hydroxylation is 3. The zero-order valence-electron chi connectivity index (χ0n) is 21.1. The molecule has 0 bridgehead atoms. The van der Waals surface area contributed by atoms with Crippen LogP contribution in [0.25, 0.3) is 54.4 Å². The first-order chi connectivity index (χ1) is 16.7. The summed E-state index contributed by atoms with van der Waals surface area (Å²) < 4.78 is 7.78. The van der Waals surface area contributed by atoms with Crippen molar-refractivity contribution in [1.82, 2.24) is 4.98 Å². The van der Waals surface area contributed by atoms with Crippen molar-refractivity contribution in [3.8, 4) is 22.4 Å². The van der Waals surface area contributed by atoms with Gasteiger partial charge >= 0.3 is 0 Å². The first kappa shape index (κ1) is 22.1. The van der Waals surface area contributed by atoms with Crippen LogP contribution in [0, 0.1) is 20.8 Å². The van der Waals surface area contributed by atoms with E-state index < -0.39 is 0 Å². The Morgan fingerprint density at radius 2 is 1.54 bits per heavy atom. The van der Waals surface area contributed by atoms with Crippen molar-refractivity contribution >= 4 is 43.4 Å². The molecular weight excluding hydrogens is 446 g/mol. The molecule has 0 N–H and O–H groups in total. The highest BCUT2D eigenvalue weighted by atomic mass is 32.1. The van der Waals surface area contributed by atoms with Crippen molar-refractivity contribution in [1.29, 1.82) is 0 Å². The number of pyridine rings is 1. The quantitative estimate of drug-likeness (QED) is 0.249. The highest BCUT2D eigenvalue weighted by Gasteiger charge is 2.23. The van der Waals surface area contributed by atoms with Crippen LogP contribution in [0.2, 0.25) is 0 Å². The van der Waals surface area contributed by atoms with E-state index in [0.717, 1.165) is 33.2 Å². The Labute approximate surface area is 210 Å². The van der Waals surface area contributed by atoms with Gasteiger partial charge in [0.25, 0.3) is 0 Å². The molecule has 0 saturated carbocycles. The predicted octanol–water partition coefficient (Wildman–Crippen LogP) is 9.75. The van der Waals surface area contributed by atoms with Gasteiger partial charge in [-0.2, -0.15) is 0 Å². The number of aromatic nitrogens is 1. The third-order valence-corrected chi connectivity index (χ3v) is 8.01. The molecule has 0 unspecified atom stereocenters. The molecule has 3 aromatic heterocycles. The first-order valence-corrected chi connectivity index (χ1v) is 13.0. The molecule has 0 aliphatic heterocycles. The van der Waals surface area contributed by atoms with Crippen LogP contribution in [0.5, 0.6) is 0 Å². The third kappa shape index (κ3) is 3.57. The summed E-state index contributed by atoms with van der Waals surface area (Å²) in [7, 11) is 0. The normalized spacial score (nSPS) is 12.3. The van der Waals surface area contributed by atoms with Gasteiger partial charge in [-0.15, -0.1) is 11.3 Å². The van der Waals surface area contributed by atoms with Gasteiger partial charge < -0.3 is 4.42 Å². The van der Waals surface area contributed by atoms with E-state index in [1.165, 1.54) is 42.8 Å². The molecule has 0 aliphatic carbocycles. The van der Waals surface area contributed by atoms with Crippen LogP contribution in [0.15, 0.2) is 71.3 Å². The highest BCUT2D eigenvalue weighted by Crippen LogP contribution is 2.41. The molecule has 3 heteroatoms. The number of fused-ring (bicyclic) bond motifs is 4. The second-order valence-corrected chi connectivity index (χ2v) is 11.9. The molecule has 0 radical (unpaired) electrons. The van der Waals surface area contributed by atoms with E-state index in [1.54, 1.807) is 0 Å². The Morgan fingerprint density at radius 1 is 0.800 bits per heavy atom. The first-order valence-electron chi connectivity index (χ1n) is 12.1. The number of thiophene rings is 1. The van der Waals surface area contributed by atoms with Crippen LogP contribution in [-0.4, -0.2) is 4.98 Å². The number of hydrogen-bond acceptors (Lipinski definition) is 3. The van der Waals surface area contributed by atoms with E-state index in [9.17, 15) is 0 Å². The molecule has 3 aromatic carbocycles. The van der Waals surface area contributed by atoms with Gasteiger partial charge in [-0.25, -0.2) is 0 Å². The molecule has 3 heterocycles. The standard InChI is InChI=1S/C32H29NOS/c1-18-9-7-10-19(2)30(18)25-15-27(33-17-26(25)32(4,5)6)23-12-8-11-22-24-14-21-13-20(3)35-29(21)16-28(24)34-31(22)23/h7-17H,1-6H3. The number of benzene rings is 3. The molecule has 0 spiro atoms. The lowest BCUT2D eigenvalue weighted by Crippen LogP contribution is -2.14. The molecule has 0 fully saturated rings. The lowest BCUT2D eigenvalue weighted by molar-refractivity contribution is 0.589. The van der Waals surface area contributed by atoms with Crippen LogP contribution < -0.4 is 0 Å². The average molecular weight is 476 g/mol. The topological polar surface area (TPSA) is 26.0 Å². The van der Waals surface area contributed by atoms with Crippen LogP contribution in [-0.2, 0) is 5.41 Å². The predicted molar refractivity (Wildman–Crippen MR) is 151 cm³/mol. The van der Waals surface area contributed by atoms with E-state index in [1.807, 2.05) is 11.3 Å². The summed E-state index contributed by atoms with van der Waals surface area (Å²) in [6.45, 7) is 13.3. The molecule has 2 nitrogen and oxygen atoms in total. The fraction of sp³-hybridized carbons (Fsp3) is 0.219. The molecular formula is C32H29NOS. The molecule has 0 saturated heterocycles. The van der Waals surface area contributed by atoms with Gasteiger partial charge in [-0.1, -0.05) is 51.1 Å². The maximum absolute atomic E-state index is 6.51. The maximum atomic E-state index is 6.51. The van der Waals surface area contributed by atoms with Gasteiger partial charge in [0.15, 0.2) is 0 Å². The van der Waals surface area contributed by atoms with E-state index in [2.05, 4.69) is 108 Å². The highest BCUT2D eigenvalue weighted by molar-refractivity contribution is 7.19. The van der Waals surface area contributed by atoms with E-state index in [0.29, 0.717) is 0 Å². The van der Waals surface area contributed by atoms with Crippen molar-refractivity contribution in [2.45, 2.75) is 47.0 Å². The number of nitrogens with zero attached hydrogens (tertiary/aromatic N) is 1. The van der Waals surface area contributed by atoms with Gasteiger partial charge in [0.2, 0.25) is 0 Å². The van der Waals surface area contributed by atoms with Gasteiger partial charge in [0, 0.05) is 32.1 Å². The Hall–Kier alpha value is -3.43. The zero-order chi connectivity index (χ0) is 24.5. The average Bonchev–Trinajstić information content (AvgIpc) is 3.34. The minimum atomic E-state index is -0.0230. The Morgan fingerprint density at radius 3 is 2.29 bits per heavy atom. The summed E-state index contributed by atoms with van der Waals surface area (Å²) in [5.74, 6) is 0. The van der Waals surface area contributed by atoms with Crippen LogP contribution in [0.3, 0.4) is 0 Å². The van der Waals surface area contributed by atoms with E-state index >= 15 is 0 Å². The second-order valence-electron chi connectivity index (χ2n) is 10.7. The number of rotatable bonds is 2. The van der Waals surface area contributed by atoms with E-state index in [4.69, 9.17) is 9.40 Å². The van der Waals surface area contributed by atoms with Gasteiger partial charge in [0.1, 0.15) is 11.2 Å². The van der Waals surface area contributed by atoms with Crippen molar-refractivity contribution in [3.63, 3.8) is 0 Å². The summed E-state index contributed by atoms with van der Waals surface area (Å²) in [5.41, 5.74) is 10.2. The van der Waals surface area contributed by atoms with Gasteiger partial charge in [-0.3, -0.25) is 4.98 Å². The molecule has 35 heavy (non-hydrogen) atoms. The van der Waals surface area contributed by atoms with Crippen LogP contribution >= 0.6 is 11.3 Å². The molecule has 0 atom stereocenters. The molecule has 6 aromatic rings. The number of para-hydroxylation sites is 1. The third-order valence-electron chi connectivity index (χ3n) is 7.00. The van der Waals surface area contributed by atoms with Crippen molar-refractivity contribution in [2.24, 2.45) is 0 Å². The zero-order valence-corrected chi connectivity index (χ0v) is 21.9. The summed E-state index contributed by atoms with van der Waals surface area (Å²) in [5, 5.41) is 3.57. The second kappa shape index (κ2) is 7.79. The summed E-state index contributed by atoms with van der Waals surface area (Å²) >= 11 is 1.81. The summed E-state index contributed by atoms with van der Waals surface area (Å²) in [6.07, 6.45) is 2.07. The van der Waals surface area contributed by atoms with Crippen molar-refractivity contribution < 1.29 is 4.42 Å². The maximum Gasteiger partial charge on any atom is 0.144 e. The Kier molecular flexibility index (Phi) is 4.91. The van der Waals surface area contributed by atoms with Gasteiger partial charge in [0.05, 0.1) is 5.69 Å². The van der Waals surface area contributed by atoms with Crippen LogP contribution in [0.4, 0.5) is 0 Å². The summed E-state index contributed by atoms with van der Waals surface area (Å²) in [6, 6.07) is 21.9. The van der Waals surface area contributed by atoms with Crippen molar-refractivity contribution in [3.05, 3.63) is 88.4 Å². The van der Waals surface area contributed by atoms with Gasteiger partial charge in [-0.05, 0) is 89.7 Å². The number of hydrogen-bond donors (Lipinski definition) is 0. The Bertz CT molecular complexity index is 1740. The molecule has 174 valence electrons. The van der Waals surface area contributed by atoms with E-state index in [-0.39, 0.29) is 5.41 Å². The smallest absolute Gasteiger partial charge is 0.144 e. The molecule has 0 aliphatic rings. The summed E-state index contributed by atoms with van der Waals surface area (Å²) in [4.78, 5) is 6.30. The minimum Gasteiger partial charge on any atom is -0.455 e. The fourth-order valence-corrected chi connectivity index (χ4v) is 6.25. The SMILES string of the molecule is Cc1cc2cc3c(cc2s1)oc1c(-c2cc(-c4c(C)cccc4C)c(C(C)(C)C)cn2)cccc13. The number of furan rings is 1. The lowest BCUT2D eigenvalue weighted by atomic mass is 9.80. The molecule has 0 amide bonds. The van der Waals surface area contributed by atoms with Crippen LogP contribution in [0.1, 0.15) is 42.3 Å². The van der Waals surface area contributed by atoms with Crippen molar-refractivity contribution in [2.75, 3.05) is 0 Å². The fourth-order valence-electron chi connectivity index (χ4n) is 5.31. The Balaban J connectivity index is 1.62. The monoisotopic (exact) mass is 475 g/mol.